The third-order valence-electron chi connectivity index (χ3n) is 3.83. The molecule has 0 bridgehead atoms. The van der Waals surface area contributed by atoms with Crippen LogP contribution in [0.5, 0.6) is 0 Å². The molecule has 94 valence electrons. The molecule has 1 aromatic carbocycles. The number of nitrogens with zero attached hydrogens (tertiary/aromatic N) is 1. The topological polar surface area (TPSA) is 29.3 Å². The normalized spacial score (nSPS) is 20.4. The zero-order valence-corrected chi connectivity index (χ0v) is 11.2. The second-order valence-corrected chi connectivity index (χ2v) is 5.66. The number of benzene rings is 1. The van der Waals surface area contributed by atoms with Crippen molar-refractivity contribution >= 4 is 11.6 Å². The molecule has 1 aliphatic heterocycles. The van der Waals surface area contributed by atoms with Crippen LogP contribution in [0.15, 0.2) is 24.3 Å². The molecule has 0 atom stereocenters. The van der Waals surface area contributed by atoms with Crippen LogP contribution in [0.2, 0.25) is 5.02 Å². The molecule has 1 aliphatic rings. The molecule has 2 rings (SSSR count). The van der Waals surface area contributed by atoms with Gasteiger partial charge in [0.25, 0.3) is 0 Å². The molecule has 2 nitrogen and oxygen atoms in total. The van der Waals surface area contributed by atoms with Crippen LogP contribution in [0, 0.1) is 0 Å². The maximum Gasteiger partial charge on any atom is 0.0437 e. The van der Waals surface area contributed by atoms with E-state index in [1.54, 1.807) is 0 Å². The summed E-state index contributed by atoms with van der Waals surface area (Å²) in [6.45, 7) is 2.22. The van der Waals surface area contributed by atoms with E-state index < -0.39 is 0 Å². The number of halogens is 1. The maximum atomic E-state index is 6.45. The SMILES string of the molecule is CN1CCC(N)(CCc2ccccc2Cl)CC1. The third kappa shape index (κ3) is 3.44. The first kappa shape index (κ1) is 12.9. The van der Waals surface area contributed by atoms with Crippen LogP contribution in [-0.2, 0) is 6.42 Å². The van der Waals surface area contributed by atoms with E-state index in [1.807, 2.05) is 18.2 Å². The molecule has 0 unspecified atom stereocenters. The molecule has 1 heterocycles. The minimum atomic E-state index is 0.00564. The lowest BCUT2D eigenvalue weighted by Crippen LogP contribution is -2.49. The van der Waals surface area contributed by atoms with Crippen molar-refractivity contribution in [3.63, 3.8) is 0 Å². The van der Waals surface area contributed by atoms with Crippen molar-refractivity contribution in [3.8, 4) is 0 Å². The number of piperidine rings is 1. The van der Waals surface area contributed by atoms with Crippen LogP contribution in [0.25, 0.3) is 0 Å². The van der Waals surface area contributed by atoms with Crippen molar-refractivity contribution in [2.24, 2.45) is 5.73 Å². The van der Waals surface area contributed by atoms with Crippen molar-refractivity contribution in [2.45, 2.75) is 31.2 Å². The Balaban J connectivity index is 1.92. The van der Waals surface area contributed by atoms with E-state index in [-0.39, 0.29) is 5.54 Å². The van der Waals surface area contributed by atoms with Gasteiger partial charge in [-0.25, -0.2) is 0 Å². The second-order valence-electron chi connectivity index (χ2n) is 5.26. The van der Waals surface area contributed by atoms with E-state index in [1.165, 1.54) is 5.56 Å². The van der Waals surface area contributed by atoms with Gasteiger partial charge in [-0.3, -0.25) is 0 Å². The van der Waals surface area contributed by atoms with Gasteiger partial charge in [0.2, 0.25) is 0 Å². The largest absolute Gasteiger partial charge is 0.325 e. The van der Waals surface area contributed by atoms with Crippen LogP contribution < -0.4 is 5.73 Å². The Kier molecular flexibility index (Phi) is 4.08. The Morgan fingerprint density at radius 1 is 1.29 bits per heavy atom. The second kappa shape index (κ2) is 5.38. The molecule has 1 saturated heterocycles. The molecule has 0 aliphatic carbocycles. The number of nitrogens with two attached hydrogens (primary N) is 1. The van der Waals surface area contributed by atoms with Gasteiger partial charge in [0, 0.05) is 10.6 Å². The molecule has 0 saturated carbocycles. The van der Waals surface area contributed by atoms with Crippen LogP contribution >= 0.6 is 11.6 Å². The molecule has 0 aromatic heterocycles. The summed E-state index contributed by atoms with van der Waals surface area (Å²) >= 11 is 6.16. The molecular formula is C14H21ClN2. The summed E-state index contributed by atoms with van der Waals surface area (Å²) in [5.41, 5.74) is 7.68. The van der Waals surface area contributed by atoms with Crippen molar-refractivity contribution < 1.29 is 0 Å². The van der Waals surface area contributed by atoms with Gasteiger partial charge in [0.1, 0.15) is 0 Å². The highest BCUT2D eigenvalue weighted by Crippen LogP contribution is 2.26. The van der Waals surface area contributed by atoms with Crippen LogP contribution in [-0.4, -0.2) is 30.6 Å². The Bertz CT molecular complexity index is 370. The van der Waals surface area contributed by atoms with Crippen molar-refractivity contribution in [3.05, 3.63) is 34.9 Å². The van der Waals surface area contributed by atoms with Gasteiger partial charge < -0.3 is 10.6 Å². The average molecular weight is 253 g/mol. The fraction of sp³-hybridized carbons (Fsp3) is 0.571. The first-order valence-electron chi connectivity index (χ1n) is 6.30. The van der Waals surface area contributed by atoms with Crippen molar-refractivity contribution in [2.75, 3.05) is 20.1 Å². The standard InChI is InChI=1S/C14H21ClN2/c1-17-10-8-14(16,9-11-17)7-6-12-4-2-3-5-13(12)15/h2-5H,6-11,16H2,1H3. The third-order valence-corrected chi connectivity index (χ3v) is 4.20. The van der Waals surface area contributed by atoms with Gasteiger partial charge in [0.15, 0.2) is 0 Å². The van der Waals surface area contributed by atoms with Crippen LogP contribution in [0.1, 0.15) is 24.8 Å². The molecule has 2 N–H and O–H groups in total. The average Bonchev–Trinajstić information content (AvgIpc) is 2.33. The number of likely N-dealkylation sites (tertiary alicyclic amines) is 1. The summed E-state index contributed by atoms with van der Waals surface area (Å²) in [6, 6.07) is 8.06. The zero-order chi connectivity index (χ0) is 12.3. The predicted octanol–water partition coefficient (Wildman–Crippen LogP) is 2.70. The summed E-state index contributed by atoms with van der Waals surface area (Å²) in [5, 5.41) is 0.865. The molecule has 1 fully saturated rings. The molecule has 0 radical (unpaired) electrons. The van der Waals surface area contributed by atoms with Crippen molar-refractivity contribution in [1.29, 1.82) is 0 Å². The Morgan fingerprint density at radius 2 is 1.94 bits per heavy atom. The van der Waals surface area contributed by atoms with Crippen LogP contribution in [0.4, 0.5) is 0 Å². The fourth-order valence-electron chi connectivity index (χ4n) is 2.40. The smallest absolute Gasteiger partial charge is 0.0437 e. The van der Waals surface area contributed by atoms with Gasteiger partial charge in [-0.15, -0.1) is 0 Å². The van der Waals surface area contributed by atoms with E-state index in [9.17, 15) is 0 Å². The fourth-order valence-corrected chi connectivity index (χ4v) is 2.63. The quantitative estimate of drug-likeness (QED) is 0.896. The van der Waals surface area contributed by atoms with Gasteiger partial charge in [-0.05, 0) is 57.5 Å². The molecular weight excluding hydrogens is 232 g/mol. The predicted molar refractivity (Wildman–Crippen MR) is 73.4 cm³/mol. The van der Waals surface area contributed by atoms with E-state index in [0.29, 0.717) is 0 Å². The minimum absolute atomic E-state index is 0.00564. The highest BCUT2D eigenvalue weighted by Gasteiger charge is 2.28. The lowest BCUT2D eigenvalue weighted by molar-refractivity contribution is 0.182. The summed E-state index contributed by atoms with van der Waals surface area (Å²) in [4.78, 5) is 2.35. The lowest BCUT2D eigenvalue weighted by Gasteiger charge is -2.37. The maximum absolute atomic E-state index is 6.45. The van der Waals surface area contributed by atoms with E-state index in [2.05, 4.69) is 18.0 Å². The number of aryl methyl sites for hydroxylation is 1. The summed E-state index contributed by atoms with van der Waals surface area (Å²) in [5.74, 6) is 0. The van der Waals surface area contributed by atoms with Gasteiger partial charge in [-0.2, -0.15) is 0 Å². The Morgan fingerprint density at radius 3 is 2.59 bits per heavy atom. The van der Waals surface area contributed by atoms with Gasteiger partial charge in [0.05, 0.1) is 0 Å². The molecule has 0 amide bonds. The summed E-state index contributed by atoms with van der Waals surface area (Å²) < 4.78 is 0. The first-order chi connectivity index (χ1) is 8.09. The first-order valence-corrected chi connectivity index (χ1v) is 6.68. The molecule has 0 spiro atoms. The number of rotatable bonds is 3. The van der Waals surface area contributed by atoms with Gasteiger partial charge in [-0.1, -0.05) is 29.8 Å². The minimum Gasteiger partial charge on any atom is -0.325 e. The summed E-state index contributed by atoms with van der Waals surface area (Å²) in [7, 11) is 2.16. The Hall–Kier alpha value is -0.570. The number of hydrogen-bond donors (Lipinski definition) is 1. The number of hydrogen-bond acceptors (Lipinski definition) is 2. The van der Waals surface area contributed by atoms with E-state index in [4.69, 9.17) is 17.3 Å². The monoisotopic (exact) mass is 252 g/mol. The lowest BCUT2D eigenvalue weighted by atomic mass is 9.83. The molecule has 17 heavy (non-hydrogen) atoms. The highest BCUT2D eigenvalue weighted by atomic mass is 35.5. The summed E-state index contributed by atoms with van der Waals surface area (Å²) in [6.07, 6.45) is 4.20. The van der Waals surface area contributed by atoms with Gasteiger partial charge >= 0.3 is 0 Å². The molecule has 1 aromatic rings. The van der Waals surface area contributed by atoms with Crippen molar-refractivity contribution in [1.82, 2.24) is 4.90 Å². The Labute approximate surface area is 109 Å². The van der Waals surface area contributed by atoms with E-state index in [0.717, 1.165) is 43.8 Å². The van der Waals surface area contributed by atoms with Crippen LogP contribution in [0.3, 0.4) is 0 Å². The molecule has 3 heteroatoms. The van der Waals surface area contributed by atoms with E-state index >= 15 is 0 Å². The zero-order valence-electron chi connectivity index (χ0n) is 10.5. The highest BCUT2D eigenvalue weighted by molar-refractivity contribution is 6.31.